The van der Waals surface area contributed by atoms with Crippen molar-refractivity contribution in [1.82, 2.24) is 14.8 Å². The van der Waals surface area contributed by atoms with Crippen molar-refractivity contribution in [3.63, 3.8) is 0 Å². The molecule has 0 radical (unpaired) electrons. The molecule has 0 fully saturated rings. The number of aromatic nitrogens is 1. The van der Waals surface area contributed by atoms with E-state index in [-0.39, 0.29) is 5.82 Å². The number of benzene rings is 1. The molecule has 124 valence electrons. The van der Waals surface area contributed by atoms with E-state index in [1.54, 1.807) is 13.1 Å². The molecule has 2 rings (SSSR count). The van der Waals surface area contributed by atoms with Crippen LogP contribution in [-0.4, -0.2) is 36.1 Å². The van der Waals surface area contributed by atoms with Gasteiger partial charge in [0.1, 0.15) is 5.82 Å². The minimum atomic E-state index is -0.161. The summed E-state index contributed by atoms with van der Waals surface area (Å²) in [7, 11) is 5.75. The third kappa shape index (κ3) is 4.82. The van der Waals surface area contributed by atoms with Gasteiger partial charge in [-0.05, 0) is 40.0 Å². The van der Waals surface area contributed by atoms with Gasteiger partial charge in [0, 0.05) is 44.1 Å². The molecule has 0 aliphatic heterocycles. The summed E-state index contributed by atoms with van der Waals surface area (Å²) in [5.74, 6) is 0.630. The molecule has 0 saturated heterocycles. The monoisotopic (exact) mass is 380 g/mol. The van der Waals surface area contributed by atoms with Crippen molar-refractivity contribution in [2.45, 2.75) is 13.0 Å². The minimum absolute atomic E-state index is 0.161. The van der Waals surface area contributed by atoms with Crippen LogP contribution >= 0.6 is 15.9 Å². The highest BCUT2D eigenvalue weighted by Crippen LogP contribution is 2.15. The predicted octanol–water partition coefficient (Wildman–Crippen LogP) is 3.18. The van der Waals surface area contributed by atoms with Gasteiger partial charge in [0.25, 0.3) is 0 Å². The van der Waals surface area contributed by atoms with Crippen molar-refractivity contribution >= 4 is 21.9 Å². The fourth-order valence-corrected chi connectivity index (χ4v) is 3.01. The van der Waals surface area contributed by atoms with Crippen LogP contribution < -0.4 is 5.32 Å². The number of halogens is 2. The molecule has 0 atom stereocenters. The number of aliphatic imine (C=N–C) groups is 1. The van der Waals surface area contributed by atoms with E-state index in [1.807, 2.05) is 37.3 Å². The maximum atomic E-state index is 13.6. The second-order valence-corrected chi connectivity index (χ2v) is 6.35. The third-order valence-electron chi connectivity index (χ3n) is 3.68. The van der Waals surface area contributed by atoms with E-state index in [0.717, 1.165) is 17.0 Å². The van der Waals surface area contributed by atoms with Crippen LogP contribution in [0.2, 0.25) is 0 Å². The Morgan fingerprint density at radius 3 is 2.74 bits per heavy atom. The number of hydrogen-bond acceptors (Lipinski definition) is 1. The van der Waals surface area contributed by atoms with Crippen molar-refractivity contribution in [2.75, 3.05) is 20.6 Å². The molecular formula is C17H22BrFN4. The molecule has 1 N–H and O–H groups in total. The summed E-state index contributed by atoms with van der Waals surface area (Å²) in [6.07, 6.45) is 2.65. The van der Waals surface area contributed by atoms with E-state index < -0.39 is 0 Å². The SMILES string of the molecule is CN=C(NCCc1ccccc1F)N(C)Cc1cc(Br)cn1C. The molecule has 1 aromatic heterocycles. The lowest BCUT2D eigenvalue weighted by Crippen LogP contribution is -2.39. The Labute approximate surface area is 145 Å². The maximum absolute atomic E-state index is 13.6. The molecule has 23 heavy (non-hydrogen) atoms. The number of aryl methyl sites for hydroxylation is 1. The Balaban J connectivity index is 1.90. The number of nitrogens with one attached hydrogen (secondary N) is 1. The molecule has 4 nitrogen and oxygen atoms in total. The van der Waals surface area contributed by atoms with Crippen molar-refractivity contribution in [3.8, 4) is 0 Å². The number of hydrogen-bond donors (Lipinski definition) is 1. The lowest BCUT2D eigenvalue weighted by atomic mass is 10.1. The molecule has 0 aliphatic rings. The van der Waals surface area contributed by atoms with Crippen LogP contribution in [0.1, 0.15) is 11.3 Å². The van der Waals surface area contributed by atoms with E-state index in [1.165, 1.54) is 11.8 Å². The normalized spacial score (nSPS) is 11.6. The van der Waals surface area contributed by atoms with Crippen LogP contribution in [0.25, 0.3) is 0 Å². The summed E-state index contributed by atoms with van der Waals surface area (Å²) in [5, 5.41) is 3.28. The Bertz CT molecular complexity index is 681. The van der Waals surface area contributed by atoms with Crippen LogP contribution in [0.3, 0.4) is 0 Å². The number of nitrogens with zero attached hydrogens (tertiary/aromatic N) is 3. The van der Waals surface area contributed by atoms with E-state index >= 15 is 0 Å². The fourth-order valence-electron chi connectivity index (χ4n) is 2.44. The average Bonchev–Trinajstić information content (AvgIpc) is 2.83. The summed E-state index contributed by atoms with van der Waals surface area (Å²) in [6, 6.07) is 8.95. The van der Waals surface area contributed by atoms with Gasteiger partial charge >= 0.3 is 0 Å². The molecule has 0 saturated carbocycles. The first-order valence-corrected chi connectivity index (χ1v) is 8.26. The van der Waals surface area contributed by atoms with Crippen molar-refractivity contribution in [3.05, 3.63) is 58.1 Å². The van der Waals surface area contributed by atoms with E-state index in [2.05, 4.69) is 36.9 Å². The van der Waals surface area contributed by atoms with E-state index in [0.29, 0.717) is 18.5 Å². The molecule has 0 aliphatic carbocycles. The molecule has 0 spiro atoms. The second-order valence-electron chi connectivity index (χ2n) is 5.43. The molecule has 0 unspecified atom stereocenters. The van der Waals surface area contributed by atoms with Crippen LogP contribution in [0.4, 0.5) is 4.39 Å². The number of rotatable bonds is 5. The standard InChI is InChI=1S/C17H22BrFN4/c1-20-17(21-9-8-13-6-4-5-7-16(13)19)23(3)12-15-10-14(18)11-22(15)2/h4-7,10-11H,8-9,12H2,1-3H3,(H,20,21). The second kappa shape index (κ2) is 8.15. The highest BCUT2D eigenvalue weighted by atomic mass is 79.9. The van der Waals surface area contributed by atoms with Gasteiger partial charge < -0.3 is 14.8 Å². The summed E-state index contributed by atoms with van der Waals surface area (Å²) in [6.45, 7) is 1.37. The zero-order chi connectivity index (χ0) is 16.8. The zero-order valence-electron chi connectivity index (χ0n) is 13.7. The first-order chi connectivity index (χ1) is 11.0. The van der Waals surface area contributed by atoms with Gasteiger partial charge in [0.2, 0.25) is 0 Å². The smallest absolute Gasteiger partial charge is 0.193 e. The van der Waals surface area contributed by atoms with Crippen LogP contribution in [0, 0.1) is 5.82 Å². The lowest BCUT2D eigenvalue weighted by molar-refractivity contribution is 0.462. The Morgan fingerprint density at radius 1 is 1.39 bits per heavy atom. The Kier molecular flexibility index (Phi) is 6.21. The summed E-state index contributed by atoms with van der Waals surface area (Å²) in [5.41, 5.74) is 1.89. The highest BCUT2D eigenvalue weighted by Gasteiger charge is 2.10. The van der Waals surface area contributed by atoms with Gasteiger partial charge in [-0.25, -0.2) is 4.39 Å². The summed E-state index contributed by atoms with van der Waals surface area (Å²) >= 11 is 3.48. The first-order valence-electron chi connectivity index (χ1n) is 7.47. The molecule has 0 amide bonds. The van der Waals surface area contributed by atoms with E-state index in [9.17, 15) is 4.39 Å². The predicted molar refractivity (Wildman–Crippen MR) is 96.0 cm³/mol. The zero-order valence-corrected chi connectivity index (χ0v) is 15.3. The van der Waals surface area contributed by atoms with Gasteiger partial charge in [0.05, 0.1) is 6.54 Å². The van der Waals surface area contributed by atoms with Crippen molar-refractivity contribution < 1.29 is 4.39 Å². The third-order valence-corrected chi connectivity index (χ3v) is 4.12. The highest BCUT2D eigenvalue weighted by molar-refractivity contribution is 9.10. The van der Waals surface area contributed by atoms with Gasteiger partial charge in [-0.15, -0.1) is 0 Å². The van der Waals surface area contributed by atoms with Crippen LogP contribution in [-0.2, 0) is 20.0 Å². The minimum Gasteiger partial charge on any atom is -0.356 e. The quantitative estimate of drug-likeness (QED) is 0.638. The molecule has 6 heteroatoms. The van der Waals surface area contributed by atoms with Gasteiger partial charge in [-0.2, -0.15) is 0 Å². The van der Waals surface area contributed by atoms with E-state index in [4.69, 9.17) is 0 Å². The fraction of sp³-hybridized carbons (Fsp3) is 0.353. The largest absolute Gasteiger partial charge is 0.356 e. The van der Waals surface area contributed by atoms with Gasteiger partial charge in [0.15, 0.2) is 5.96 Å². The maximum Gasteiger partial charge on any atom is 0.193 e. The van der Waals surface area contributed by atoms with Gasteiger partial charge in [-0.3, -0.25) is 4.99 Å². The first kappa shape index (κ1) is 17.5. The Morgan fingerprint density at radius 2 is 2.13 bits per heavy atom. The molecular weight excluding hydrogens is 359 g/mol. The summed E-state index contributed by atoms with van der Waals surface area (Å²) in [4.78, 5) is 6.34. The molecule has 1 aromatic carbocycles. The van der Waals surface area contributed by atoms with Crippen molar-refractivity contribution in [1.29, 1.82) is 0 Å². The lowest BCUT2D eigenvalue weighted by Gasteiger charge is -2.22. The van der Waals surface area contributed by atoms with Crippen LogP contribution in [0.15, 0.2) is 46.0 Å². The van der Waals surface area contributed by atoms with Gasteiger partial charge in [-0.1, -0.05) is 18.2 Å². The molecule has 1 heterocycles. The summed E-state index contributed by atoms with van der Waals surface area (Å²) < 4.78 is 16.8. The van der Waals surface area contributed by atoms with Crippen molar-refractivity contribution in [2.24, 2.45) is 12.0 Å². The average molecular weight is 381 g/mol. The topological polar surface area (TPSA) is 32.6 Å². The Hall–Kier alpha value is -1.82. The molecule has 2 aromatic rings. The molecule has 0 bridgehead atoms. The van der Waals surface area contributed by atoms with Crippen LogP contribution in [0.5, 0.6) is 0 Å². The number of guanidine groups is 1.